The van der Waals surface area contributed by atoms with E-state index in [-0.39, 0.29) is 11.6 Å². The number of benzene rings is 1. The summed E-state index contributed by atoms with van der Waals surface area (Å²) in [7, 11) is 0. The highest BCUT2D eigenvalue weighted by molar-refractivity contribution is 5.21. The molecule has 0 atom stereocenters. The quantitative estimate of drug-likeness (QED) is 0.366. The van der Waals surface area contributed by atoms with Crippen molar-refractivity contribution in [1.82, 2.24) is 0 Å². The van der Waals surface area contributed by atoms with E-state index in [9.17, 15) is 4.39 Å². The Morgan fingerprint density at radius 3 is 2.05 bits per heavy atom. The van der Waals surface area contributed by atoms with Crippen molar-refractivity contribution in [2.75, 3.05) is 0 Å². The van der Waals surface area contributed by atoms with E-state index >= 15 is 0 Å². The van der Waals surface area contributed by atoms with Crippen LogP contribution >= 0.6 is 0 Å². The van der Waals surface area contributed by atoms with Crippen LogP contribution in [0.3, 0.4) is 0 Å². The van der Waals surface area contributed by atoms with Crippen molar-refractivity contribution >= 4 is 0 Å². The number of aliphatic hydroxyl groups excluding tert-OH is 1. The van der Waals surface area contributed by atoms with E-state index in [4.69, 9.17) is 5.11 Å². The molecule has 0 radical (unpaired) electrons. The fourth-order valence-electron chi connectivity index (χ4n) is 2.22. The third-order valence-corrected chi connectivity index (χ3v) is 3.52. The Balaban J connectivity index is 0.000000411. The van der Waals surface area contributed by atoms with E-state index in [1.807, 2.05) is 38.1 Å². The van der Waals surface area contributed by atoms with Gasteiger partial charge in [-0.05, 0) is 50.3 Å². The Labute approximate surface area is 134 Å². The summed E-state index contributed by atoms with van der Waals surface area (Å²) in [5.41, 5.74) is 0.933. The molecule has 122 valence electrons. The second kappa shape index (κ2) is 12.9. The molecule has 2 heteroatoms. The predicted octanol–water partition coefficient (Wildman–Crippen LogP) is 6.70. The molecular formula is C20H29FO. The Morgan fingerprint density at radius 1 is 1.14 bits per heavy atom. The van der Waals surface area contributed by atoms with Gasteiger partial charge in [0.25, 0.3) is 0 Å². The van der Waals surface area contributed by atoms with Gasteiger partial charge in [-0.1, -0.05) is 62.8 Å². The summed E-state index contributed by atoms with van der Waals surface area (Å²) < 4.78 is 13.4. The van der Waals surface area contributed by atoms with Crippen LogP contribution in [0.15, 0.2) is 61.4 Å². The first-order valence-corrected chi connectivity index (χ1v) is 7.88. The van der Waals surface area contributed by atoms with Crippen LogP contribution in [-0.4, -0.2) is 5.11 Å². The molecule has 0 amide bonds. The summed E-state index contributed by atoms with van der Waals surface area (Å²) in [6.07, 6.45) is 11.5. The molecule has 2 rings (SSSR count). The van der Waals surface area contributed by atoms with Crippen molar-refractivity contribution in [3.63, 3.8) is 0 Å². The summed E-state index contributed by atoms with van der Waals surface area (Å²) in [6.45, 7) is 10.3. The molecule has 1 fully saturated rings. The van der Waals surface area contributed by atoms with Gasteiger partial charge in [-0.3, -0.25) is 0 Å². The first-order chi connectivity index (χ1) is 10.6. The Hall–Kier alpha value is -1.83. The van der Waals surface area contributed by atoms with Crippen LogP contribution in [-0.2, 0) is 0 Å². The lowest BCUT2D eigenvalue weighted by atomic mass is 9.84. The molecular weight excluding hydrogens is 275 g/mol. The van der Waals surface area contributed by atoms with Crippen molar-refractivity contribution in [1.29, 1.82) is 0 Å². The normalized spacial score (nSPS) is 14.3. The molecule has 0 heterocycles. The van der Waals surface area contributed by atoms with E-state index in [1.165, 1.54) is 38.2 Å². The number of rotatable bonds is 2. The van der Waals surface area contributed by atoms with Crippen LogP contribution in [0.2, 0.25) is 0 Å². The molecule has 1 aliphatic rings. The Bertz CT molecular complexity index is 453. The third-order valence-electron chi connectivity index (χ3n) is 3.52. The van der Waals surface area contributed by atoms with E-state index in [1.54, 1.807) is 12.1 Å². The zero-order chi connectivity index (χ0) is 16.8. The van der Waals surface area contributed by atoms with E-state index in [0.717, 1.165) is 5.56 Å². The minimum atomic E-state index is -0.0191. The van der Waals surface area contributed by atoms with Crippen molar-refractivity contribution in [3.05, 3.63) is 72.8 Å². The molecule has 1 aromatic rings. The summed E-state index contributed by atoms with van der Waals surface area (Å²) in [4.78, 5) is 0. The lowest BCUT2D eigenvalue weighted by molar-refractivity contribution is 0.429. The van der Waals surface area contributed by atoms with Gasteiger partial charge in [0.1, 0.15) is 11.6 Å². The van der Waals surface area contributed by atoms with Crippen LogP contribution in [0.25, 0.3) is 0 Å². The van der Waals surface area contributed by atoms with Crippen LogP contribution in [0.1, 0.15) is 57.4 Å². The summed E-state index contributed by atoms with van der Waals surface area (Å²) in [5, 5.41) is 8.05. The maximum Gasteiger partial charge on any atom is 0.126 e. The molecule has 0 saturated heterocycles. The van der Waals surface area contributed by atoms with Gasteiger partial charge in [0.15, 0.2) is 0 Å². The van der Waals surface area contributed by atoms with E-state index in [0.29, 0.717) is 5.92 Å². The average molecular weight is 304 g/mol. The van der Waals surface area contributed by atoms with Crippen molar-refractivity contribution in [2.45, 2.75) is 51.9 Å². The highest BCUT2D eigenvalue weighted by Gasteiger charge is 2.17. The Morgan fingerprint density at radius 2 is 1.64 bits per heavy atom. The third kappa shape index (κ3) is 9.17. The van der Waals surface area contributed by atoms with Gasteiger partial charge in [-0.25, -0.2) is 4.39 Å². The van der Waals surface area contributed by atoms with Gasteiger partial charge in [0.2, 0.25) is 0 Å². The molecule has 0 bridgehead atoms. The maximum atomic E-state index is 13.4. The SMILES string of the molecule is C/C=C\C.C=CC(=C)O.Fc1ccccc1C1CCCCC1. The molecule has 1 N–H and O–H groups in total. The summed E-state index contributed by atoms with van der Waals surface area (Å²) >= 11 is 0. The fraction of sp³-hybridized carbons (Fsp3) is 0.400. The van der Waals surface area contributed by atoms with Crippen molar-refractivity contribution < 1.29 is 9.50 Å². The predicted molar refractivity (Wildman–Crippen MR) is 94.7 cm³/mol. The van der Waals surface area contributed by atoms with Crippen molar-refractivity contribution in [2.24, 2.45) is 0 Å². The molecule has 22 heavy (non-hydrogen) atoms. The van der Waals surface area contributed by atoms with E-state index in [2.05, 4.69) is 13.2 Å². The Kier molecular flexibility index (Phi) is 11.8. The standard InChI is InChI=1S/C12H15F.C4H6O.C4H8/c13-12-9-5-4-8-11(12)10-6-2-1-3-7-10;1-3-4(2)5;1-3-4-2/h4-5,8-10H,1-3,6-7H2;3,5H,1-2H2;3-4H,1-2H3/b;;4-3-. The maximum absolute atomic E-state index is 13.4. The van der Waals surface area contributed by atoms with Gasteiger partial charge >= 0.3 is 0 Å². The van der Waals surface area contributed by atoms with Crippen LogP contribution in [0.5, 0.6) is 0 Å². The van der Waals surface area contributed by atoms with Crippen LogP contribution < -0.4 is 0 Å². The highest BCUT2D eigenvalue weighted by Crippen LogP contribution is 2.33. The second-order valence-electron chi connectivity index (χ2n) is 5.22. The lowest BCUT2D eigenvalue weighted by Gasteiger charge is -2.22. The molecule has 1 aliphatic carbocycles. The van der Waals surface area contributed by atoms with Gasteiger partial charge in [-0.15, -0.1) is 0 Å². The zero-order valence-corrected chi connectivity index (χ0v) is 13.9. The number of halogens is 1. The smallest absolute Gasteiger partial charge is 0.126 e. The van der Waals surface area contributed by atoms with Crippen molar-refractivity contribution in [3.8, 4) is 0 Å². The van der Waals surface area contributed by atoms with Gasteiger partial charge in [0.05, 0.1) is 0 Å². The number of aliphatic hydroxyl groups is 1. The number of hydrogen-bond acceptors (Lipinski definition) is 1. The van der Waals surface area contributed by atoms with Crippen LogP contribution in [0.4, 0.5) is 4.39 Å². The van der Waals surface area contributed by atoms with Crippen LogP contribution in [0, 0.1) is 5.82 Å². The minimum Gasteiger partial charge on any atom is -0.509 e. The molecule has 0 unspecified atom stereocenters. The number of hydrogen-bond donors (Lipinski definition) is 1. The van der Waals surface area contributed by atoms with Gasteiger partial charge in [0, 0.05) is 0 Å². The first kappa shape index (κ1) is 20.2. The number of allylic oxidation sites excluding steroid dienone is 3. The summed E-state index contributed by atoms with van der Waals surface area (Å²) in [6, 6.07) is 7.21. The summed E-state index contributed by atoms with van der Waals surface area (Å²) in [5.74, 6) is 0.481. The second-order valence-corrected chi connectivity index (χ2v) is 5.22. The highest BCUT2D eigenvalue weighted by atomic mass is 19.1. The fourth-order valence-corrected chi connectivity index (χ4v) is 2.22. The van der Waals surface area contributed by atoms with E-state index < -0.39 is 0 Å². The monoisotopic (exact) mass is 304 g/mol. The zero-order valence-electron chi connectivity index (χ0n) is 13.9. The molecule has 0 aliphatic heterocycles. The molecule has 1 nitrogen and oxygen atoms in total. The minimum absolute atomic E-state index is 0.0185. The largest absolute Gasteiger partial charge is 0.509 e. The topological polar surface area (TPSA) is 20.2 Å². The molecule has 0 spiro atoms. The molecule has 1 saturated carbocycles. The average Bonchev–Trinajstić information content (AvgIpc) is 2.57. The lowest BCUT2D eigenvalue weighted by Crippen LogP contribution is -2.06. The first-order valence-electron chi connectivity index (χ1n) is 7.88. The molecule has 1 aromatic carbocycles. The molecule has 0 aromatic heterocycles. The van der Waals surface area contributed by atoms with Gasteiger partial charge < -0.3 is 5.11 Å². The van der Waals surface area contributed by atoms with Gasteiger partial charge in [-0.2, -0.15) is 0 Å².